The van der Waals surface area contributed by atoms with Gasteiger partial charge in [0.15, 0.2) is 0 Å². The highest BCUT2D eigenvalue weighted by Gasteiger charge is 2.65. The van der Waals surface area contributed by atoms with Gasteiger partial charge >= 0.3 is 5.97 Å². The molecule has 3 nitrogen and oxygen atoms in total. The lowest BCUT2D eigenvalue weighted by molar-refractivity contribution is -0.139. The Labute approximate surface area is 120 Å². The Balaban J connectivity index is 1.72. The summed E-state index contributed by atoms with van der Waals surface area (Å²) >= 11 is 0. The average molecular weight is 273 g/mol. The summed E-state index contributed by atoms with van der Waals surface area (Å²) in [5, 5.41) is 9.38. The fourth-order valence-electron chi connectivity index (χ4n) is 4.14. The molecule has 2 aliphatic rings. The normalized spacial score (nSPS) is 32.2. The summed E-state index contributed by atoms with van der Waals surface area (Å²) in [7, 11) is 0. The van der Waals surface area contributed by atoms with Gasteiger partial charge in [-0.15, -0.1) is 0 Å². The van der Waals surface area contributed by atoms with Gasteiger partial charge in [0.1, 0.15) is 0 Å². The van der Waals surface area contributed by atoms with Crippen molar-refractivity contribution >= 4 is 5.97 Å². The van der Waals surface area contributed by atoms with Gasteiger partial charge < -0.3 is 5.11 Å². The number of carboxylic acids is 1. The Hall–Kier alpha value is -1.35. The van der Waals surface area contributed by atoms with E-state index in [4.69, 9.17) is 0 Å². The van der Waals surface area contributed by atoms with Crippen LogP contribution in [0.1, 0.15) is 32.3 Å². The molecular weight excluding hydrogens is 250 g/mol. The standard InChI is InChI=1S/C17H23NO2/c1-17(2)14(15(17)16(19)20)13-9-6-10-18(13)11-12-7-4-3-5-8-12/h3-5,7-8,13-15H,6,9-11H2,1-2H3,(H,19,20). The van der Waals surface area contributed by atoms with Crippen molar-refractivity contribution in [2.45, 2.75) is 39.3 Å². The molecule has 3 heteroatoms. The third kappa shape index (κ3) is 2.24. The Morgan fingerprint density at radius 3 is 2.65 bits per heavy atom. The number of benzene rings is 1. The SMILES string of the molecule is CC1(C)C(C(=O)O)C1C1CCCN1Cc1ccccc1. The van der Waals surface area contributed by atoms with Gasteiger partial charge in [-0.05, 0) is 36.3 Å². The van der Waals surface area contributed by atoms with Crippen molar-refractivity contribution in [2.24, 2.45) is 17.3 Å². The first kappa shape index (κ1) is 13.6. The molecule has 1 N–H and O–H groups in total. The maximum Gasteiger partial charge on any atom is 0.307 e. The molecule has 0 bridgehead atoms. The number of nitrogens with zero attached hydrogens (tertiary/aromatic N) is 1. The van der Waals surface area contributed by atoms with Crippen LogP contribution in [0.15, 0.2) is 30.3 Å². The van der Waals surface area contributed by atoms with Crippen molar-refractivity contribution in [1.29, 1.82) is 0 Å². The van der Waals surface area contributed by atoms with Crippen LogP contribution in [0, 0.1) is 17.3 Å². The molecule has 1 saturated heterocycles. The van der Waals surface area contributed by atoms with Crippen LogP contribution in [0.4, 0.5) is 0 Å². The highest BCUT2D eigenvalue weighted by atomic mass is 16.4. The monoisotopic (exact) mass is 273 g/mol. The zero-order chi connectivity index (χ0) is 14.3. The molecule has 0 aromatic heterocycles. The minimum atomic E-state index is -0.619. The van der Waals surface area contributed by atoms with E-state index < -0.39 is 5.97 Å². The van der Waals surface area contributed by atoms with Gasteiger partial charge in [-0.3, -0.25) is 9.69 Å². The zero-order valence-corrected chi connectivity index (χ0v) is 12.2. The summed E-state index contributed by atoms with van der Waals surface area (Å²) in [5.41, 5.74) is 1.28. The van der Waals surface area contributed by atoms with Gasteiger partial charge in [0.05, 0.1) is 5.92 Å². The minimum Gasteiger partial charge on any atom is -0.481 e. The molecule has 1 aromatic rings. The van der Waals surface area contributed by atoms with Crippen LogP contribution >= 0.6 is 0 Å². The fraction of sp³-hybridized carbons (Fsp3) is 0.588. The Morgan fingerprint density at radius 2 is 2.05 bits per heavy atom. The molecule has 3 unspecified atom stereocenters. The molecule has 20 heavy (non-hydrogen) atoms. The Bertz CT molecular complexity index is 497. The lowest BCUT2D eigenvalue weighted by atomic mass is 10.0. The number of aliphatic carboxylic acids is 1. The zero-order valence-electron chi connectivity index (χ0n) is 12.2. The van der Waals surface area contributed by atoms with Gasteiger partial charge in [0.2, 0.25) is 0 Å². The van der Waals surface area contributed by atoms with E-state index >= 15 is 0 Å². The number of carboxylic acid groups (broad SMARTS) is 1. The minimum absolute atomic E-state index is 0.0459. The molecule has 2 fully saturated rings. The van der Waals surface area contributed by atoms with Crippen LogP contribution in [0.5, 0.6) is 0 Å². The molecule has 1 aliphatic heterocycles. The summed E-state index contributed by atoms with van der Waals surface area (Å²) in [6, 6.07) is 10.9. The van der Waals surface area contributed by atoms with Crippen molar-refractivity contribution < 1.29 is 9.90 Å². The van der Waals surface area contributed by atoms with E-state index in [0.717, 1.165) is 19.5 Å². The second-order valence-corrected chi connectivity index (χ2v) is 6.83. The van der Waals surface area contributed by atoms with Crippen LogP contribution in [0.2, 0.25) is 0 Å². The van der Waals surface area contributed by atoms with E-state index in [1.54, 1.807) is 0 Å². The maximum atomic E-state index is 11.4. The second kappa shape index (κ2) is 4.88. The number of likely N-dealkylation sites (tertiary alicyclic amines) is 1. The number of rotatable bonds is 4. The van der Waals surface area contributed by atoms with Gasteiger partial charge in [0.25, 0.3) is 0 Å². The van der Waals surface area contributed by atoms with Gasteiger partial charge in [-0.1, -0.05) is 44.2 Å². The van der Waals surface area contributed by atoms with Crippen molar-refractivity contribution in [3.05, 3.63) is 35.9 Å². The predicted molar refractivity (Wildman–Crippen MR) is 78.3 cm³/mol. The van der Waals surface area contributed by atoms with Crippen molar-refractivity contribution in [1.82, 2.24) is 4.90 Å². The number of carbonyl (C=O) groups is 1. The van der Waals surface area contributed by atoms with Crippen LogP contribution in [0.25, 0.3) is 0 Å². The Kier molecular flexibility index (Phi) is 3.33. The summed E-state index contributed by atoms with van der Waals surface area (Å²) in [4.78, 5) is 13.9. The molecule has 1 saturated carbocycles. The second-order valence-electron chi connectivity index (χ2n) is 6.83. The summed E-state index contributed by atoms with van der Waals surface area (Å²) in [6.07, 6.45) is 2.33. The third-order valence-electron chi connectivity index (χ3n) is 5.23. The molecular formula is C17H23NO2. The van der Waals surface area contributed by atoms with Gasteiger partial charge in [-0.25, -0.2) is 0 Å². The molecule has 0 amide bonds. The molecule has 1 aliphatic carbocycles. The van der Waals surface area contributed by atoms with Crippen molar-refractivity contribution in [2.75, 3.05) is 6.54 Å². The van der Waals surface area contributed by atoms with Gasteiger partial charge in [-0.2, -0.15) is 0 Å². The summed E-state index contributed by atoms with van der Waals surface area (Å²) in [6.45, 7) is 6.26. The topological polar surface area (TPSA) is 40.5 Å². The average Bonchev–Trinajstić information content (AvgIpc) is 2.76. The summed E-state index contributed by atoms with van der Waals surface area (Å²) in [5.74, 6) is -0.471. The first-order chi connectivity index (χ1) is 9.51. The first-order valence-electron chi connectivity index (χ1n) is 7.52. The molecule has 1 aromatic carbocycles. The summed E-state index contributed by atoms with van der Waals surface area (Å²) < 4.78 is 0. The van der Waals surface area contributed by atoms with E-state index in [1.165, 1.54) is 12.0 Å². The highest BCUT2D eigenvalue weighted by Crippen LogP contribution is 2.62. The van der Waals surface area contributed by atoms with Crippen molar-refractivity contribution in [3.63, 3.8) is 0 Å². The molecule has 0 radical (unpaired) electrons. The van der Waals surface area contributed by atoms with E-state index in [-0.39, 0.29) is 11.3 Å². The highest BCUT2D eigenvalue weighted by molar-refractivity contribution is 5.75. The number of hydrogen-bond donors (Lipinski definition) is 1. The largest absolute Gasteiger partial charge is 0.481 e. The lowest BCUT2D eigenvalue weighted by Gasteiger charge is -2.25. The smallest absolute Gasteiger partial charge is 0.307 e. The first-order valence-corrected chi connectivity index (χ1v) is 7.52. The van der Waals surface area contributed by atoms with Crippen LogP contribution in [-0.4, -0.2) is 28.6 Å². The molecule has 1 heterocycles. The van der Waals surface area contributed by atoms with Crippen LogP contribution in [0.3, 0.4) is 0 Å². The fourth-order valence-corrected chi connectivity index (χ4v) is 4.14. The van der Waals surface area contributed by atoms with Crippen LogP contribution < -0.4 is 0 Å². The maximum absolute atomic E-state index is 11.4. The quantitative estimate of drug-likeness (QED) is 0.916. The lowest BCUT2D eigenvalue weighted by Crippen LogP contribution is -2.32. The van der Waals surface area contributed by atoms with Crippen LogP contribution in [-0.2, 0) is 11.3 Å². The third-order valence-corrected chi connectivity index (χ3v) is 5.23. The Morgan fingerprint density at radius 1 is 1.35 bits per heavy atom. The van der Waals surface area contributed by atoms with E-state index in [1.807, 2.05) is 6.07 Å². The van der Waals surface area contributed by atoms with Crippen molar-refractivity contribution in [3.8, 4) is 0 Å². The predicted octanol–water partition coefficient (Wildman–Crippen LogP) is 3.01. The van der Waals surface area contributed by atoms with E-state index in [2.05, 4.69) is 43.0 Å². The van der Waals surface area contributed by atoms with E-state index in [0.29, 0.717) is 12.0 Å². The number of hydrogen-bond acceptors (Lipinski definition) is 2. The molecule has 3 rings (SSSR count). The van der Waals surface area contributed by atoms with Gasteiger partial charge in [0, 0.05) is 12.6 Å². The molecule has 3 atom stereocenters. The molecule has 0 spiro atoms. The van der Waals surface area contributed by atoms with E-state index in [9.17, 15) is 9.90 Å². The molecule has 108 valence electrons.